The number of β-amino-alcohol motifs (C(OH)–C–C–N with tert-alkyl or cyclic N) is 1. The van der Waals surface area contributed by atoms with Gasteiger partial charge in [-0.1, -0.05) is 35.5 Å². The number of likely N-dealkylation sites (tertiary alicyclic amines) is 1. The molecular weight excluding hydrogens is 256 g/mol. The Morgan fingerprint density at radius 2 is 2.15 bits per heavy atom. The van der Waals surface area contributed by atoms with E-state index in [2.05, 4.69) is 5.16 Å². The summed E-state index contributed by atoms with van der Waals surface area (Å²) >= 11 is 0. The number of rotatable bonds is 2. The van der Waals surface area contributed by atoms with E-state index in [0.717, 1.165) is 24.1 Å². The van der Waals surface area contributed by atoms with Crippen LogP contribution >= 0.6 is 0 Å². The van der Waals surface area contributed by atoms with Crippen molar-refractivity contribution in [1.82, 2.24) is 4.90 Å². The van der Waals surface area contributed by atoms with Crippen LogP contribution in [0.3, 0.4) is 0 Å². The molecule has 1 amide bonds. The van der Waals surface area contributed by atoms with Crippen LogP contribution in [-0.4, -0.2) is 46.9 Å². The van der Waals surface area contributed by atoms with Crippen molar-refractivity contribution in [3.05, 3.63) is 35.9 Å². The van der Waals surface area contributed by atoms with Crippen molar-refractivity contribution < 1.29 is 14.7 Å². The molecule has 2 heterocycles. The van der Waals surface area contributed by atoms with Crippen LogP contribution in [0.5, 0.6) is 0 Å². The maximum Gasteiger partial charge on any atom is 0.266 e. The Balaban J connectivity index is 1.62. The molecule has 0 bridgehead atoms. The average molecular weight is 274 g/mol. The van der Waals surface area contributed by atoms with Gasteiger partial charge in [-0.3, -0.25) is 4.79 Å². The molecule has 0 saturated carbocycles. The van der Waals surface area contributed by atoms with Gasteiger partial charge >= 0.3 is 0 Å². The summed E-state index contributed by atoms with van der Waals surface area (Å²) in [6, 6.07) is 9.74. The van der Waals surface area contributed by atoms with Gasteiger partial charge in [0.05, 0.1) is 11.8 Å². The molecule has 3 rings (SSSR count). The van der Waals surface area contributed by atoms with Crippen molar-refractivity contribution in [2.45, 2.75) is 31.5 Å². The number of oxime groups is 1. The maximum atomic E-state index is 12.3. The highest BCUT2D eigenvalue weighted by Crippen LogP contribution is 2.20. The van der Waals surface area contributed by atoms with Gasteiger partial charge in [0.15, 0.2) is 0 Å². The quantitative estimate of drug-likeness (QED) is 0.880. The second-order valence-corrected chi connectivity index (χ2v) is 5.28. The van der Waals surface area contributed by atoms with Crippen molar-refractivity contribution in [2.75, 3.05) is 13.1 Å². The highest BCUT2D eigenvalue weighted by atomic mass is 16.6. The Labute approximate surface area is 117 Å². The van der Waals surface area contributed by atoms with E-state index in [9.17, 15) is 9.90 Å². The third-order valence-corrected chi connectivity index (χ3v) is 3.76. The fourth-order valence-corrected chi connectivity index (χ4v) is 2.67. The lowest BCUT2D eigenvalue weighted by Gasteiger charge is -2.31. The zero-order valence-electron chi connectivity index (χ0n) is 11.2. The summed E-state index contributed by atoms with van der Waals surface area (Å²) in [6.07, 6.45) is 1.14. The SMILES string of the molecule is O=C(C1CC(c2ccccc2)=NO1)N1CCC[C@H](O)C1. The second-order valence-electron chi connectivity index (χ2n) is 5.28. The van der Waals surface area contributed by atoms with E-state index in [1.807, 2.05) is 30.3 Å². The van der Waals surface area contributed by atoms with Crippen LogP contribution in [-0.2, 0) is 9.63 Å². The molecule has 106 valence electrons. The molecule has 5 nitrogen and oxygen atoms in total. The van der Waals surface area contributed by atoms with E-state index in [4.69, 9.17) is 4.84 Å². The van der Waals surface area contributed by atoms with E-state index in [1.165, 1.54) is 0 Å². The highest BCUT2D eigenvalue weighted by Gasteiger charge is 2.34. The van der Waals surface area contributed by atoms with Gasteiger partial charge in [0.25, 0.3) is 5.91 Å². The van der Waals surface area contributed by atoms with Crippen LogP contribution in [0, 0.1) is 0 Å². The maximum absolute atomic E-state index is 12.3. The van der Waals surface area contributed by atoms with E-state index in [-0.39, 0.29) is 5.91 Å². The molecule has 1 saturated heterocycles. The molecule has 0 aromatic heterocycles. The molecule has 0 aliphatic carbocycles. The van der Waals surface area contributed by atoms with Gasteiger partial charge in [-0.25, -0.2) is 0 Å². The lowest BCUT2D eigenvalue weighted by Crippen LogP contribution is -2.46. The Morgan fingerprint density at radius 1 is 1.35 bits per heavy atom. The third-order valence-electron chi connectivity index (χ3n) is 3.76. The van der Waals surface area contributed by atoms with Crippen LogP contribution in [0.2, 0.25) is 0 Å². The summed E-state index contributed by atoms with van der Waals surface area (Å²) in [6.45, 7) is 1.09. The van der Waals surface area contributed by atoms with Crippen molar-refractivity contribution in [2.24, 2.45) is 5.16 Å². The minimum Gasteiger partial charge on any atom is -0.391 e. The molecule has 2 aliphatic rings. The van der Waals surface area contributed by atoms with Gasteiger partial charge < -0.3 is 14.8 Å². The minimum absolute atomic E-state index is 0.0709. The number of amides is 1. The van der Waals surface area contributed by atoms with E-state index < -0.39 is 12.2 Å². The number of hydrogen-bond acceptors (Lipinski definition) is 4. The molecule has 1 unspecified atom stereocenters. The number of carbonyl (C=O) groups excluding carboxylic acids is 1. The molecule has 2 aliphatic heterocycles. The second kappa shape index (κ2) is 5.63. The van der Waals surface area contributed by atoms with Crippen molar-refractivity contribution >= 4 is 11.6 Å². The van der Waals surface area contributed by atoms with Crippen molar-refractivity contribution in [3.8, 4) is 0 Å². The molecular formula is C15H18N2O3. The molecule has 0 radical (unpaired) electrons. The molecule has 1 fully saturated rings. The minimum atomic E-state index is -0.546. The summed E-state index contributed by atoms with van der Waals surface area (Å²) < 4.78 is 0. The molecule has 1 N–H and O–H groups in total. The van der Waals surface area contributed by atoms with E-state index in [0.29, 0.717) is 19.5 Å². The summed E-state index contributed by atoms with van der Waals surface area (Å²) in [5.74, 6) is -0.0709. The molecule has 20 heavy (non-hydrogen) atoms. The first-order chi connectivity index (χ1) is 9.74. The summed E-state index contributed by atoms with van der Waals surface area (Å²) in [4.78, 5) is 19.3. The topological polar surface area (TPSA) is 62.1 Å². The molecule has 2 atom stereocenters. The normalized spacial score (nSPS) is 26.1. The van der Waals surface area contributed by atoms with Crippen LogP contribution in [0.25, 0.3) is 0 Å². The smallest absolute Gasteiger partial charge is 0.266 e. The van der Waals surface area contributed by atoms with Gasteiger partial charge in [-0.2, -0.15) is 0 Å². The molecule has 1 aromatic carbocycles. The van der Waals surface area contributed by atoms with E-state index >= 15 is 0 Å². The van der Waals surface area contributed by atoms with Gasteiger partial charge in [-0.15, -0.1) is 0 Å². The van der Waals surface area contributed by atoms with Crippen molar-refractivity contribution in [3.63, 3.8) is 0 Å². The molecule has 1 aromatic rings. The highest BCUT2D eigenvalue weighted by molar-refractivity contribution is 6.04. The summed E-state index contributed by atoms with van der Waals surface area (Å²) in [5, 5.41) is 13.7. The standard InChI is InChI=1S/C15H18N2O3/c18-12-7-4-8-17(10-12)15(19)14-9-13(16-20-14)11-5-2-1-3-6-11/h1-3,5-6,12,14,18H,4,7-10H2/t12-,14?/m0/s1. The summed E-state index contributed by atoms with van der Waals surface area (Å²) in [7, 11) is 0. The molecule has 0 spiro atoms. The fraction of sp³-hybridized carbons (Fsp3) is 0.467. The van der Waals surface area contributed by atoms with Gasteiger partial charge in [0, 0.05) is 19.5 Å². The first-order valence-electron chi connectivity index (χ1n) is 6.99. The van der Waals surface area contributed by atoms with Gasteiger partial charge in [0.1, 0.15) is 0 Å². The fourth-order valence-electron chi connectivity index (χ4n) is 2.67. The zero-order valence-corrected chi connectivity index (χ0v) is 11.2. The number of hydrogen-bond donors (Lipinski definition) is 1. The van der Waals surface area contributed by atoms with Crippen LogP contribution in [0.4, 0.5) is 0 Å². The Bertz CT molecular complexity index is 515. The number of benzene rings is 1. The largest absolute Gasteiger partial charge is 0.391 e. The average Bonchev–Trinajstić information content (AvgIpc) is 2.97. The number of piperidine rings is 1. The Kier molecular flexibility index (Phi) is 3.69. The van der Waals surface area contributed by atoms with Crippen LogP contribution in [0.1, 0.15) is 24.8 Å². The number of aliphatic hydroxyl groups is 1. The third kappa shape index (κ3) is 2.67. The van der Waals surface area contributed by atoms with Gasteiger partial charge in [-0.05, 0) is 18.4 Å². The van der Waals surface area contributed by atoms with Crippen LogP contribution in [0.15, 0.2) is 35.5 Å². The molecule has 5 heteroatoms. The van der Waals surface area contributed by atoms with E-state index in [1.54, 1.807) is 4.90 Å². The first-order valence-corrected chi connectivity index (χ1v) is 6.99. The predicted octanol–water partition coefficient (Wildman–Crippen LogP) is 1.16. The number of carbonyl (C=O) groups is 1. The zero-order chi connectivity index (χ0) is 13.9. The van der Waals surface area contributed by atoms with Crippen molar-refractivity contribution in [1.29, 1.82) is 0 Å². The van der Waals surface area contributed by atoms with Gasteiger partial charge in [0.2, 0.25) is 6.10 Å². The monoisotopic (exact) mass is 274 g/mol. The van der Waals surface area contributed by atoms with Crippen LogP contribution < -0.4 is 0 Å². The summed E-state index contributed by atoms with van der Waals surface area (Å²) in [5.41, 5.74) is 1.79. The Hall–Kier alpha value is -1.88. The Morgan fingerprint density at radius 3 is 2.90 bits per heavy atom. The predicted molar refractivity (Wildman–Crippen MR) is 74.3 cm³/mol. The number of aliphatic hydroxyl groups excluding tert-OH is 1. The lowest BCUT2D eigenvalue weighted by atomic mass is 10.0. The number of nitrogens with zero attached hydrogens (tertiary/aromatic N) is 2. The lowest BCUT2D eigenvalue weighted by molar-refractivity contribution is -0.145. The first kappa shape index (κ1) is 13.1.